The maximum absolute atomic E-state index is 12.1. The van der Waals surface area contributed by atoms with Gasteiger partial charge in [0, 0.05) is 21.3 Å². The zero-order valence-corrected chi connectivity index (χ0v) is 12.7. The first-order valence-corrected chi connectivity index (χ1v) is 7.46. The number of carbonyl (C=O) groups excluding carboxylic acids is 1. The molecule has 1 amide bonds. The summed E-state index contributed by atoms with van der Waals surface area (Å²) in [5.41, 5.74) is 5.33. The fourth-order valence-corrected chi connectivity index (χ4v) is 3.14. The monoisotopic (exact) mass is 318 g/mol. The van der Waals surface area contributed by atoms with E-state index in [1.54, 1.807) is 11.3 Å². The minimum Gasteiger partial charge on any atom is -0.351 e. The van der Waals surface area contributed by atoms with E-state index in [0.29, 0.717) is 13.1 Å². The van der Waals surface area contributed by atoms with Gasteiger partial charge in [0.05, 0.1) is 12.0 Å². The summed E-state index contributed by atoms with van der Waals surface area (Å²) >= 11 is 5.03. The molecule has 1 aromatic rings. The van der Waals surface area contributed by atoms with Crippen LogP contribution in [0.25, 0.3) is 0 Å². The van der Waals surface area contributed by atoms with Gasteiger partial charge in [-0.05, 0) is 34.8 Å². The Balaban J connectivity index is 2.59. The molecule has 0 aliphatic rings. The van der Waals surface area contributed by atoms with Gasteiger partial charge < -0.3 is 11.1 Å². The van der Waals surface area contributed by atoms with Crippen molar-refractivity contribution in [3.05, 3.63) is 20.8 Å². The number of halogens is 1. The quantitative estimate of drug-likeness (QED) is 0.847. The van der Waals surface area contributed by atoms with E-state index in [9.17, 15) is 4.79 Å². The van der Waals surface area contributed by atoms with Crippen molar-refractivity contribution in [2.45, 2.75) is 33.2 Å². The molecule has 5 heteroatoms. The first-order chi connectivity index (χ1) is 8.07. The van der Waals surface area contributed by atoms with Crippen LogP contribution in [-0.2, 0) is 11.3 Å². The highest BCUT2D eigenvalue weighted by Gasteiger charge is 2.32. The Kier molecular flexibility index (Phi) is 5.62. The summed E-state index contributed by atoms with van der Waals surface area (Å²) in [4.78, 5) is 13.3. The second-order valence-corrected chi connectivity index (χ2v) is 6.02. The summed E-state index contributed by atoms with van der Waals surface area (Å²) < 4.78 is 1.06. The Bertz CT molecular complexity index is 366. The maximum atomic E-state index is 12.1. The fourth-order valence-electron chi connectivity index (χ4n) is 1.75. The number of nitrogens with one attached hydrogen (secondary N) is 1. The van der Waals surface area contributed by atoms with Crippen LogP contribution in [0.5, 0.6) is 0 Å². The van der Waals surface area contributed by atoms with E-state index in [1.807, 2.05) is 25.3 Å². The van der Waals surface area contributed by atoms with Crippen LogP contribution in [0.3, 0.4) is 0 Å². The van der Waals surface area contributed by atoms with Crippen LogP contribution in [0.2, 0.25) is 0 Å². The topological polar surface area (TPSA) is 55.1 Å². The minimum absolute atomic E-state index is 0.0644. The van der Waals surface area contributed by atoms with Gasteiger partial charge in [0.15, 0.2) is 0 Å². The summed E-state index contributed by atoms with van der Waals surface area (Å²) in [7, 11) is 0. The molecule has 1 rings (SSSR count). The average Bonchev–Trinajstić information content (AvgIpc) is 2.75. The molecule has 0 spiro atoms. The lowest BCUT2D eigenvalue weighted by Crippen LogP contribution is -2.44. The maximum Gasteiger partial charge on any atom is 0.227 e. The van der Waals surface area contributed by atoms with Gasteiger partial charge in [0.2, 0.25) is 5.91 Å². The second kappa shape index (κ2) is 6.52. The lowest BCUT2D eigenvalue weighted by atomic mass is 9.81. The second-order valence-electron chi connectivity index (χ2n) is 4.11. The number of hydrogen-bond donors (Lipinski definition) is 2. The van der Waals surface area contributed by atoms with Crippen LogP contribution < -0.4 is 11.1 Å². The van der Waals surface area contributed by atoms with Crippen molar-refractivity contribution in [2.24, 2.45) is 11.1 Å². The first-order valence-electron chi connectivity index (χ1n) is 5.79. The Hall–Kier alpha value is -0.390. The zero-order valence-electron chi connectivity index (χ0n) is 10.3. The molecule has 3 N–H and O–H groups in total. The molecule has 3 nitrogen and oxygen atoms in total. The molecular weight excluding hydrogens is 300 g/mol. The van der Waals surface area contributed by atoms with E-state index in [1.165, 1.54) is 0 Å². The Morgan fingerprint density at radius 3 is 2.59 bits per heavy atom. The third-order valence-electron chi connectivity index (χ3n) is 3.27. The molecule has 1 aromatic heterocycles. The SMILES string of the molecule is CCC(CC)(CN)C(=O)NCc1cc(Br)cs1. The van der Waals surface area contributed by atoms with Gasteiger partial charge in [-0.3, -0.25) is 4.79 Å². The van der Waals surface area contributed by atoms with E-state index in [0.717, 1.165) is 22.2 Å². The predicted octanol–water partition coefficient (Wildman–Crippen LogP) is 2.89. The molecule has 0 bridgehead atoms. The van der Waals surface area contributed by atoms with E-state index < -0.39 is 5.41 Å². The van der Waals surface area contributed by atoms with Crippen LogP contribution in [0.15, 0.2) is 15.9 Å². The molecule has 96 valence electrons. The van der Waals surface area contributed by atoms with Crippen molar-refractivity contribution in [1.82, 2.24) is 5.32 Å². The molecule has 1 heterocycles. The van der Waals surface area contributed by atoms with Crippen molar-refractivity contribution < 1.29 is 4.79 Å². The normalized spacial score (nSPS) is 11.5. The Morgan fingerprint density at radius 2 is 2.18 bits per heavy atom. The standard InChI is InChI=1S/C12H19BrN2OS/c1-3-12(4-2,8-14)11(16)15-6-10-5-9(13)7-17-10/h5,7H,3-4,6,8,14H2,1-2H3,(H,15,16). The highest BCUT2D eigenvalue weighted by Crippen LogP contribution is 2.25. The summed E-state index contributed by atoms with van der Waals surface area (Å²) in [6.45, 7) is 5.01. The van der Waals surface area contributed by atoms with E-state index in [-0.39, 0.29) is 5.91 Å². The molecule has 0 aromatic carbocycles. The van der Waals surface area contributed by atoms with Crippen LogP contribution >= 0.6 is 27.3 Å². The van der Waals surface area contributed by atoms with Crippen LogP contribution in [0.1, 0.15) is 31.6 Å². The smallest absolute Gasteiger partial charge is 0.227 e. The molecule has 0 atom stereocenters. The van der Waals surface area contributed by atoms with Gasteiger partial charge in [-0.2, -0.15) is 0 Å². The molecule has 0 aliphatic carbocycles. The highest BCUT2D eigenvalue weighted by atomic mass is 79.9. The largest absolute Gasteiger partial charge is 0.351 e. The number of rotatable bonds is 6. The van der Waals surface area contributed by atoms with E-state index in [2.05, 4.69) is 21.2 Å². The van der Waals surface area contributed by atoms with E-state index in [4.69, 9.17) is 5.73 Å². The summed E-state index contributed by atoms with van der Waals surface area (Å²) in [5, 5.41) is 4.99. The summed E-state index contributed by atoms with van der Waals surface area (Å²) in [6, 6.07) is 2.02. The molecule has 0 radical (unpaired) electrons. The number of nitrogens with two attached hydrogens (primary N) is 1. The molecule has 0 unspecified atom stereocenters. The van der Waals surface area contributed by atoms with Crippen molar-refractivity contribution in [2.75, 3.05) is 6.54 Å². The number of amides is 1. The third-order valence-corrected chi connectivity index (χ3v) is 4.97. The van der Waals surface area contributed by atoms with Crippen LogP contribution in [0.4, 0.5) is 0 Å². The Morgan fingerprint density at radius 1 is 1.53 bits per heavy atom. The lowest BCUT2D eigenvalue weighted by Gasteiger charge is -2.28. The molecule has 0 fully saturated rings. The number of hydrogen-bond acceptors (Lipinski definition) is 3. The molecular formula is C12H19BrN2OS. The van der Waals surface area contributed by atoms with Crippen molar-refractivity contribution in [3.8, 4) is 0 Å². The van der Waals surface area contributed by atoms with Gasteiger partial charge in [-0.1, -0.05) is 13.8 Å². The predicted molar refractivity (Wildman–Crippen MR) is 75.9 cm³/mol. The molecule has 17 heavy (non-hydrogen) atoms. The summed E-state index contributed by atoms with van der Waals surface area (Å²) in [5.74, 6) is 0.0644. The van der Waals surface area contributed by atoms with Gasteiger partial charge >= 0.3 is 0 Å². The average molecular weight is 319 g/mol. The van der Waals surface area contributed by atoms with Crippen molar-refractivity contribution >= 4 is 33.2 Å². The van der Waals surface area contributed by atoms with Crippen LogP contribution in [-0.4, -0.2) is 12.5 Å². The van der Waals surface area contributed by atoms with Gasteiger partial charge in [-0.25, -0.2) is 0 Å². The fraction of sp³-hybridized carbons (Fsp3) is 0.583. The molecule has 0 saturated carbocycles. The molecule has 0 aliphatic heterocycles. The zero-order chi connectivity index (χ0) is 12.9. The first kappa shape index (κ1) is 14.7. The van der Waals surface area contributed by atoms with Gasteiger partial charge in [0.25, 0.3) is 0 Å². The Labute approximate surface area is 115 Å². The number of thiophene rings is 1. The summed E-state index contributed by atoms with van der Waals surface area (Å²) in [6.07, 6.45) is 1.56. The molecule has 0 saturated heterocycles. The van der Waals surface area contributed by atoms with Crippen molar-refractivity contribution in [1.29, 1.82) is 0 Å². The highest BCUT2D eigenvalue weighted by molar-refractivity contribution is 9.10. The minimum atomic E-state index is -0.408. The third kappa shape index (κ3) is 3.53. The van der Waals surface area contributed by atoms with Crippen molar-refractivity contribution in [3.63, 3.8) is 0 Å². The van der Waals surface area contributed by atoms with Gasteiger partial charge in [0.1, 0.15) is 0 Å². The lowest BCUT2D eigenvalue weighted by molar-refractivity contribution is -0.131. The van der Waals surface area contributed by atoms with Gasteiger partial charge in [-0.15, -0.1) is 11.3 Å². The van der Waals surface area contributed by atoms with Crippen LogP contribution in [0, 0.1) is 5.41 Å². The van der Waals surface area contributed by atoms with E-state index >= 15 is 0 Å². The number of carbonyl (C=O) groups is 1.